The predicted molar refractivity (Wildman–Crippen MR) is 140 cm³/mol. The SMILES string of the molecule is CN(C)CCOc1ccc(-c2ccccc2N(CC2CCCC2O)c2ncnc3[nH]ccc23)cc1. The first-order valence-electron chi connectivity index (χ1n) is 12.3. The number of hydrogen-bond acceptors (Lipinski definition) is 6. The summed E-state index contributed by atoms with van der Waals surface area (Å²) in [6.45, 7) is 2.22. The zero-order chi connectivity index (χ0) is 24.2. The zero-order valence-corrected chi connectivity index (χ0v) is 20.4. The zero-order valence-electron chi connectivity index (χ0n) is 20.4. The summed E-state index contributed by atoms with van der Waals surface area (Å²) in [7, 11) is 4.08. The molecule has 5 rings (SSSR count). The Labute approximate surface area is 206 Å². The fraction of sp³-hybridized carbons (Fsp3) is 0.357. The summed E-state index contributed by atoms with van der Waals surface area (Å²) in [4.78, 5) is 16.7. The summed E-state index contributed by atoms with van der Waals surface area (Å²) < 4.78 is 5.89. The molecule has 2 N–H and O–H groups in total. The smallest absolute Gasteiger partial charge is 0.145 e. The highest BCUT2D eigenvalue weighted by Gasteiger charge is 2.30. The Balaban J connectivity index is 1.51. The van der Waals surface area contributed by atoms with E-state index in [1.54, 1.807) is 6.33 Å². The standard InChI is InChI=1S/C28H33N5O2/c1-32(2)16-17-35-22-12-10-20(11-13-22)23-7-3-4-8-25(23)33(18-21-6-5-9-26(21)34)28-24-14-15-29-27(24)30-19-31-28/h3-4,7-8,10-15,19,21,26,34H,5-6,9,16-18H2,1-2H3,(H,29,30,31). The second-order valence-corrected chi connectivity index (χ2v) is 9.50. The highest BCUT2D eigenvalue weighted by atomic mass is 16.5. The number of anilines is 2. The molecule has 7 nitrogen and oxygen atoms in total. The largest absolute Gasteiger partial charge is 0.492 e. The van der Waals surface area contributed by atoms with Crippen molar-refractivity contribution in [2.24, 2.45) is 5.92 Å². The molecular formula is C28H33N5O2. The van der Waals surface area contributed by atoms with Crippen LogP contribution < -0.4 is 9.64 Å². The van der Waals surface area contributed by atoms with E-state index in [4.69, 9.17) is 9.72 Å². The van der Waals surface area contributed by atoms with Crippen LogP contribution in [0.5, 0.6) is 5.75 Å². The predicted octanol–water partition coefficient (Wildman–Crippen LogP) is 4.86. The monoisotopic (exact) mass is 471 g/mol. The molecule has 2 aromatic heterocycles. The molecule has 2 atom stereocenters. The van der Waals surface area contributed by atoms with Gasteiger partial charge < -0.3 is 24.6 Å². The maximum absolute atomic E-state index is 10.6. The van der Waals surface area contributed by atoms with Gasteiger partial charge in [-0.05, 0) is 56.8 Å². The fourth-order valence-electron chi connectivity index (χ4n) is 4.87. The minimum atomic E-state index is -0.285. The molecule has 0 amide bonds. The van der Waals surface area contributed by atoms with Gasteiger partial charge in [-0.15, -0.1) is 0 Å². The number of aromatic amines is 1. The van der Waals surface area contributed by atoms with Crippen LogP contribution in [0.25, 0.3) is 22.2 Å². The molecule has 4 aromatic rings. The van der Waals surface area contributed by atoms with E-state index in [1.807, 2.05) is 38.5 Å². The highest BCUT2D eigenvalue weighted by Crippen LogP contribution is 2.39. The number of aliphatic hydroxyl groups excluding tert-OH is 1. The van der Waals surface area contributed by atoms with Gasteiger partial charge in [-0.1, -0.05) is 36.8 Å². The summed E-state index contributed by atoms with van der Waals surface area (Å²) in [6, 6.07) is 18.7. The summed E-state index contributed by atoms with van der Waals surface area (Å²) in [5.74, 6) is 1.91. The van der Waals surface area contributed by atoms with E-state index < -0.39 is 0 Å². The number of ether oxygens (including phenoxy) is 1. The Hall–Kier alpha value is -3.42. The maximum atomic E-state index is 10.6. The van der Waals surface area contributed by atoms with Crippen LogP contribution in [0.15, 0.2) is 67.1 Å². The first kappa shape index (κ1) is 23.3. The quantitative estimate of drug-likeness (QED) is 0.363. The van der Waals surface area contributed by atoms with Gasteiger partial charge in [0.15, 0.2) is 0 Å². The molecular weight excluding hydrogens is 438 g/mol. The molecule has 182 valence electrons. The molecule has 0 aliphatic heterocycles. The summed E-state index contributed by atoms with van der Waals surface area (Å²) in [5.41, 5.74) is 4.09. The van der Waals surface area contributed by atoms with Gasteiger partial charge in [-0.3, -0.25) is 0 Å². The molecule has 2 unspecified atom stereocenters. The second kappa shape index (κ2) is 10.5. The van der Waals surface area contributed by atoms with Crippen molar-refractivity contribution in [3.8, 4) is 16.9 Å². The molecule has 1 aliphatic carbocycles. The molecule has 0 saturated heterocycles. The maximum Gasteiger partial charge on any atom is 0.145 e. The molecule has 0 bridgehead atoms. The lowest BCUT2D eigenvalue weighted by molar-refractivity contribution is 0.136. The Morgan fingerprint density at radius 2 is 1.86 bits per heavy atom. The van der Waals surface area contributed by atoms with E-state index in [2.05, 4.69) is 56.2 Å². The molecule has 2 heterocycles. The number of fused-ring (bicyclic) bond motifs is 1. The number of nitrogens with zero attached hydrogens (tertiary/aromatic N) is 4. The number of benzene rings is 2. The number of aromatic nitrogens is 3. The topological polar surface area (TPSA) is 77.5 Å². The third-order valence-electron chi connectivity index (χ3n) is 6.79. The molecule has 1 aliphatic rings. The van der Waals surface area contributed by atoms with Crippen molar-refractivity contribution in [2.75, 3.05) is 38.7 Å². The number of aliphatic hydroxyl groups is 1. The summed E-state index contributed by atoms with van der Waals surface area (Å²) in [5, 5.41) is 11.6. The van der Waals surface area contributed by atoms with E-state index >= 15 is 0 Å². The van der Waals surface area contributed by atoms with Gasteiger partial charge >= 0.3 is 0 Å². The summed E-state index contributed by atoms with van der Waals surface area (Å²) in [6.07, 6.45) is 6.15. The van der Waals surface area contributed by atoms with E-state index in [1.165, 1.54) is 0 Å². The second-order valence-electron chi connectivity index (χ2n) is 9.50. The third-order valence-corrected chi connectivity index (χ3v) is 6.79. The number of rotatable bonds is 9. The van der Waals surface area contributed by atoms with Gasteiger partial charge in [0.25, 0.3) is 0 Å². The van der Waals surface area contributed by atoms with Crippen LogP contribution in [0.3, 0.4) is 0 Å². The highest BCUT2D eigenvalue weighted by molar-refractivity contribution is 5.92. The Bertz CT molecular complexity index is 1250. The number of nitrogens with one attached hydrogen (secondary N) is 1. The van der Waals surface area contributed by atoms with Crippen molar-refractivity contribution in [1.82, 2.24) is 19.9 Å². The average molecular weight is 472 g/mol. The van der Waals surface area contributed by atoms with Crippen molar-refractivity contribution in [1.29, 1.82) is 0 Å². The Kier molecular flexibility index (Phi) is 6.97. The van der Waals surface area contributed by atoms with Crippen LogP contribution in [-0.2, 0) is 0 Å². The molecule has 0 radical (unpaired) electrons. The molecule has 35 heavy (non-hydrogen) atoms. The van der Waals surface area contributed by atoms with E-state index in [9.17, 15) is 5.11 Å². The number of likely N-dealkylation sites (N-methyl/N-ethyl adjacent to an activating group) is 1. The van der Waals surface area contributed by atoms with Gasteiger partial charge in [-0.2, -0.15) is 0 Å². The fourth-order valence-corrected chi connectivity index (χ4v) is 4.87. The van der Waals surface area contributed by atoms with Crippen LogP contribution in [-0.4, -0.2) is 64.9 Å². The van der Waals surface area contributed by atoms with E-state index in [0.29, 0.717) is 13.2 Å². The Morgan fingerprint density at radius 3 is 2.63 bits per heavy atom. The normalized spacial score (nSPS) is 17.8. The molecule has 7 heteroatoms. The van der Waals surface area contributed by atoms with E-state index in [-0.39, 0.29) is 12.0 Å². The summed E-state index contributed by atoms with van der Waals surface area (Å²) >= 11 is 0. The van der Waals surface area contributed by atoms with Crippen molar-refractivity contribution in [3.05, 3.63) is 67.1 Å². The van der Waals surface area contributed by atoms with Gasteiger partial charge in [0.1, 0.15) is 30.1 Å². The minimum Gasteiger partial charge on any atom is -0.492 e. The van der Waals surface area contributed by atoms with Crippen LogP contribution in [0.2, 0.25) is 0 Å². The number of para-hydroxylation sites is 1. The van der Waals surface area contributed by atoms with Gasteiger partial charge in [0.2, 0.25) is 0 Å². The van der Waals surface area contributed by atoms with Crippen molar-refractivity contribution in [2.45, 2.75) is 25.4 Å². The molecule has 0 spiro atoms. The minimum absolute atomic E-state index is 0.194. The van der Waals surface area contributed by atoms with Crippen LogP contribution in [0.1, 0.15) is 19.3 Å². The van der Waals surface area contributed by atoms with Gasteiger partial charge in [0.05, 0.1) is 17.2 Å². The van der Waals surface area contributed by atoms with Crippen molar-refractivity contribution < 1.29 is 9.84 Å². The van der Waals surface area contributed by atoms with Gasteiger partial charge in [-0.25, -0.2) is 9.97 Å². The average Bonchev–Trinajstić information content (AvgIpc) is 3.51. The molecule has 2 aromatic carbocycles. The van der Waals surface area contributed by atoms with Crippen LogP contribution in [0, 0.1) is 5.92 Å². The lowest BCUT2D eigenvalue weighted by Gasteiger charge is -2.30. The number of hydrogen-bond donors (Lipinski definition) is 2. The van der Waals surface area contributed by atoms with E-state index in [0.717, 1.165) is 65.2 Å². The lowest BCUT2D eigenvalue weighted by Crippen LogP contribution is -2.30. The molecule has 1 fully saturated rings. The van der Waals surface area contributed by atoms with Gasteiger partial charge in [0, 0.05) is 30.8 Å². The lowest BCUT2D eigenvalue weighted by atomic mass is 10.00. The van der Waals surface area contributed by atoms with Crippen molar-refractivity contribution >= 4 is 22.5 Å². The first-order valence-corrected chi connectivity index (χ1v) is 12.3. The third kappa shape index (κ3) is 5.16. The number of H-pyrrole nitrogens is 1. The van der Waals surface area contributed by atoms with Crippen LogP contribution >= 0.6 is 0 Å². The first-order chi connectivity index (χ1) is 17.1. The van der Waals surface area contributed by atoms with Crippen LogP contribution in [0.4, 0.5) is 11.5 Å². The van der Waals surface area contributed by atoms with Crippen molar-refractivity contribution in [3.63, 3.8) is 0 Å². The Morgan fingerprint density at radius 1 is 1.03 bits per heavy atom. The molecule has 1 saturated carbocycles.